The van der Waals surface area contributed by atoms with Gasteiger partial charge in [-0.3, -0.25) is 4.79 Å². The molecule has 0 radical (unpaired) electrons. The number of nitrogens with one attached hydrogen (secondary N) is 1. The first-order valence-corrected chi connectivity index (χ1v) is 5.20. The van der Waals surface area contributed by atoms with Gasteiger partial charge in [0.15, 0.2) is 0 Å². The number of hydrogen-bond donors (Lipinski definition) is 2. The molecule has 0 aromatic rings. The topological polar surface area (TPSA) is 64.3 Å². The minimum atomic E-state index is -2.79. The van der Waals surface area contributed by atoms with Gasteiger partial charge in [0.05, 0.1) is 6.54 Å². The van der Waals surface area contributed by atoms with Gasteiger partial charge in [-0.15, -0.1) is 0 Å². The molecule has 1 saturated heterocycles. The highest BCUT2D eigenvalue weighted by atomic mass is 19.3. The molecule has 1 fully saturated rings. The first-order valence-electron chi connectivity index (χ1n) is 5.20. The van der Waals surface area contributed by atoms with Gasteiger partial charge in [0.2, 0.25) is 0 Å². The third-order valence-corrected chi connectivity index (χ3v) is 2.25. The van der Waals surface area contributed by atoms with Crippen molar-refractivity contribution in [3.63, 3.8) is 0 Å². The Kier molecular flexibility index (Phi) is 3.54. The van der Waals surface area contributed by atoms with Crippen molar-refractivity contribution in [3.8, 4) is 0 Å². The van der Waals surface area contributed by atoms with E-state index < -0.39 is 42.5 Å². The van der Waals surface area contributed by atoms with Crippen LogP contribution in [0.5, 0.6) is 0 Å². The third-order valence-electron chi connectivity index (χ3n) is 2.25. The van der Waals surface area contributed by atoms with Gasteiger partial charge in [-0.05, 0) is 20.8 Å². The third kappa shape index (κ3) is 3.68. The number of carbonyl (C=O) groups excluding carboxylic acids is 1. The van der Waals surface area contributed by atoms with E-state index in [1.165, 1.54) is 0 Å². The lowest BCUT2D eigenvalue weighted by atomic mass is 10.1. The molecule has 0 amide bonds. The second-order valence-electron chi connectivity index (χ2n) is 5.11. The van der Waals surface area contributed by atoms with Crippen molar-refractivity contribution in [1.29, 1.82) is 0 Å². The zero-order valence-electron chi connectivity index (χ0n) is 9.72. The van der Waals surface area contributed by atoms with Crippen molar-refractivity contribution in [2.75, 3.05) is 6.54 Å². The highest BCUT2D eigenvalue weighted by molar-refractivity contribution is 5.77. The Morgan fingerprint density at radius 1 is 1.56 bits per heavy atom. The van der Waals surface area contributed by atoms with Crippen LogP contribution in [0.3, 0.4) is 0 Å². The largest absolute Gasteiger partial charge is 0.459 e. The van der Waals surface area contributed by atoms with E-state index in [2.05, 4.69) is 5.32 Å². The minimum Gasteiger partial charge on any atom is -0.459 e. The maximum absolute atomic E-state index is 12.9. The number of rotatable bonds is 2. The molecule has 94 valence electrons. The fourth-order valence-corrected chi connectivity index (χ4v) is 1.53. The predicted molar refractivity (Wildman–Crippen MR) is 55.2 cm³/mol. The Morgan fingerprint density at radius 2 is 2.12 bits per heavy atom. The first-order chi connectivity index (χ1) is 7.11. The lowest BCUT2D eigenvalue weighted by Crippen LogP contribution is -2.49. The molecule has 6 heteroatoms. The SMILES string of the molecule is CC(C)(C)OC(=O)[C@H](N)[C@@H]1CC(F)(F)CN1. The van der Waals surface area contributed by atoms with Crippen LogP contribution in [0, 0.1) is 0 Å². The van der Waals surface area contributed by atoms with E-state index in [4.69, 9.17) is 10.5 Å². The van der Waals surface area contributed by atoms with E-state index in [0.29, 0.717) is 0 Å². The first kappa shape index (κ1) is 13.3. The summed E-state index contributed by atoms with van der Waals surface area (Å²) in [5.41, 5.74) is 4.92. The number of nitrogens with two attached hydrogens (primary N) is 1. The highest BCUT2D eigenvalue weighted by Crippen LogP contribution is 2.26. The van der Waals surface area contributed by atoms with Crippen LogP contribution in [0.25, 0.3) is 0 Å². The van der Waals surface area contributed by atoms with Crippen LogP contribution in [0.15, 0.2) is 0 Å². The summed E-state index contributed by atoms with van der Waals surface area (Å²) in [7, 11) is 0. The molecule has 1 rings (SSSR count). The van der Waals surface area contributed by atoms with Crippen LogP contribution in [-0.2, 0) is 9.53 Å². The van der Waals surface area contributed by atoms with Gasteiger partial charge >= 0.3 is 5.97 Å². The van der Waals surface area contributed by atoms with Gasteiger partial charge in [0.25, 0.3) is 5.92 Å². The maximum Gasteiger partial charge on any atom is 0.325 e. The molecule has 0 aliphatic carbocycles. The minimum absolute atomic E-state index is 0.423. The van der Waals surface area contributed by atoms with Crippen molar-refractivity contribution in [2.45, 2.75) is 50.8 Å². The number of halogens is 2. The van der Waals surface area contributed by atoms with Crippen LogP contribution >= 0.6 is 0 Å². The lowest BCUT2D eigenvalue weighted by molar-refractivity contribution is -0.157. The summed E-state index contributed by atoms with van der Waals surface area (Å²) < 4.78 is 30.8. The molecule has 0 aromatic carbocycles. The Bertz CT molecular complexity index is 276. The fraction of sp³-hybridized carbons (Fsp3) is 0.900. The fourth-order valence-electron chi connectivity index (χ4n) is 1.53. The smallest absolute Gasteiger partial charge is 0.325 e. The maximum atomic E-state index is 12.9. The van der Waals surface area contributed by atoms with E-state index in [9.17, 15) is 13.6 Å². The number of hydrogen-bond acceptors (Lipinski definition) is 4. The van der Waals surface area contributed by atoms with Gasteiger partial charge in [0, 0.05) is 12.5 Å². The Morgan fingerprint density at radius 3 is 2.50 bits per heavy atom. The van der Waals surface area contributed by atoms with Crippen molar-refractivity contribution >= 4 is 5.97 Å². The normalized spacial score (nSPS) is 26.5. The van der Waals surface area contributed by atoms with Gasteiger partial charge in [-0.2, -0.15) is 0 Å². The summed E-state index contributed by atoms with van der Waals surface area (Å²) in [5.74, 6) is -3.44. The summed E-state index contributed by atoms with van der Waals surface area (Å²) in [6, 6.07) is -1.77. The molecule has 0 unspecified atom stereocenters. The van der Waals surface area contributed by atoms with E-state index in [-0.39, 0.29) is 0 Å². The Labute approximate surface area is 93.5 Å². The van der Waals surface area contributed by atoms with Crippen molar-refractivity contribution in [2.24, 2.45) is 5.73 Å². The predicted octanol–water partition coefficient (Wildman–Crippen LogP) is 0.653. The van der Waals surface area contributed by atoms with Gasteiger partial charge < -0.3 is 15.8 Å². The molecular formula is C10H18F2N2O2. The van der Waals surface area contributed by atoms with Crippen LogP contribution in [0.2, 0.25) is 0 Å². The van der Waals surface area contributed by atoms with Crippen LogP contribution < -0.4 is 11.1 Å². The lowest BCUT2D eigenvalue weighted by Gasteiger charge is -2.24. The van der Waals surface area contributed by atoms with E-state index in [1.807, 2.05) is 0 Å². The summed E-state index contributed by atoms with van der Waals surface area (Å²) in [4.78, 5) is 11.5. The summed E-state index contributed by atoms with van der Waals surface area (Å²) in [6.45, 7) is 4.67. The molecule has 1 aliphatic heterocycles. The zero-order chi connectivity index (χ0) is 12.6. The van der Waals surface area contributed by atoms with Crippen LogP contribution in [0.4, 0.5) is 8.78 Å². The molecule has 0 saturated carbocycles. The molecule has 1 heterocycles. The van der Waals surface area contributed by atoms with Crippen LogP contribution in [-0.4, -0.2) is 36.1 Å². The van der Waals surface area contributed by atoms with Gasteiger partial charge in [-0.1, -0.05) is 0 Å². The highest BCUT2D eigenvalue weighted by Gasteiger charge is 2.44. The summed E-state index contributed by atoms with van der Waals surface area (Å²) >= 11 is 0. The van der Waals surface area contributed by atoms with E-state index in [0.717, 1.165) is 0 Å². The number of carbonyl (C=O) groups is 1. The molecule has 4 nitrogen and oxygen atoms in total. The molecule has 2 atom stereocenters. The quantitative estimate of drug-likeness (QED) is 0.691. The number of ether oxygens (including phenoxy) is 1. The molecule has 1 aliphatic rings. The molecule has 0 aromatic heterocycles. The monoisotopic (exact) mass is 236 g/mol. The summed E-state index contributed by atoms with van der Waals surface area (Å²) in [6.07, 6.45) is -0.423. The standard InChI is InChI=1S/C10H18F2N2O2/c1-9(2,3)16-8(15)7(13)6-4-10(11,12)5-14-6/h6-7,14H,4-5,13H2,1-3H3/t6-,7+/m0/s1. The van der Waals surface area contributed by atoms with Gasteiger partial charge in [-0.25, -0.2) is 8.78 Å². The molecule has 0 bridgehead atoms. The van der Waals surface area contributed by atoms with Gasteiger partial charge in [0.1, 0.15) is 11.6 Å². The number of esters is 1. The molecule has 3 N–H and O–H groups in total. The zero-order valence-corrected chi connectivity index (χ0v) is 9.72. The molecule has 0 spiro atoms. The Balaban J connectivity index is 2.52. The van der Waals surface area contributed by atoms with E-state index >= 15 is 0 Å². The van der Waals surface area contributed by atoms with Crippen molar-refractivity contribution in [3.05, 3.63) is 0 Å². The second kappa shape index (κ2) is 4.25. The van der Waals surface area contributed by atoms with Crippen LogP contribution in [0.1, 0.15) is 27.2 Å². The summed E-state index contributed by atoms with van der Waals surface area (Å²) in [5, 5.41) is 2.54. The molecule has 16 heavy (non-hydrogen) atoms. The average Bonchev–Trinajstić information content (AvgIpc) is 2.41. The van der Waals surface area contributed by atoms with Crippen molar-refractivity contribution < 1.29 is 18.3 Å². The number of alkyl halides is 2. The van der Waals surface area contributed by atoms with E-state index in [1.54, 1.807) is 20.8 Å². The molecular weight excluding hydrogens is 218 g/mol. The van der Waals surface area contributed by atoms with Crippen molar-refractivity contribution in [1.82, 2.24) is 5.32 Å². The average molecular weight is 236 g/mol. The second-order valence-corrected chi connectivity index (χ2v) is 5.11. The Hall–Kier alpha value is -0.750.